The number of alkyl halides is 3. The van der Waals surface area contributed by atoms with E-state index in [1.54, 1.807) is 6.92 Å². The van der Waals surface area contributed by atoms with Crippen LogP contribution in [0.15, 0.2) is 18.2 Å². The van der Waals surface area contributed by atoms with E-state index in [0.29, 0.717) is 6.42 Å². The van der Waals surface area contributed by atoms with Crippen molar-refractivity contribution < 1.29 is 22.8 Å². The lowest BCUT2D eigenvalue weighted by atomic mass is 10.1. The van der Waals surface area contributed by atoms with Crippen molar-refractivity contribution in [3.05, 3.63) is 23.8 Å². The summed E-state index contributed by atoms with van der Waals surface area (Å²) in [5, 5.41) is 15.4. The van der Waals surface area contributed by atoms with E-state index < -0.39 is 35.4 Å². The fraction of sp³-hybridized carbons (Fsp3) is 0.400. The molecule has 0 unspecified atom stereocenters. The predicted molar refractivity (Wildman–Crippen MR) is 82.2 cm³/mol. The van der Waals surface area contributed by atoms with Gasteiger partial charge < -0.3 is 16.0 Å². The molecule has 1 aromatic carbocycles. The molecule has 0 saturated carbocycles. The van der Waals surface area contributed by atoms with Gasteiger partial charge in [-0.25, -0.2) is 4.79 Å². The quantitative estimate of drug-likeness (QED) is 0.765. The number of hydrogen-bond acceptors (Lipinski definition) is 3. The summed E-state index contributed by atoms with van der Waals surface area (Å²) >= 11 is 0. The number of urea groups is 1. The molecule has 130 valence electrons. The molecule has 0 radical (unpaired) electrons. The maximum absolute atomic E-state index is 13.1. The van der Waals surface area contributed by atoms with Gasteiger partial charge in [0.1, 0.15) is 0 Å². The molecule has 0 aliphatic carbocycles. The molecule has 3 amide bonds. The number of amides is 3. The van der Waals surface area contributed by atoms with Gasteiger partial charge in [0.25, 0.3) is 0 Å². The Bertz CT molecular complexity index is 653. The molecule has 0 fully saturated rings. The SMILES string of the molecule is CC[C@@H](CC#N)NC(=O)Nc1ccc(NC(C)=O)cc1C(F)(F)F. The zero-order chi connectivity index (χ0) is 18.3. The van der Waals surface area contributed by atoms with Gasteiger partial charge in [-0.3, -0.25) is 4.79 Å². The van der Waals surface area contributed by atoms with Crippen molar-refractivity contribution >= 4 is 23.3 Å². The minimum Gasteiger partial charge on any atom is -0.334 e. The summed E-state index contributed by atoms with van der Waals surface area (Å²) in [7, 11) is 0. The number of carbonyl (C=O) groups is 2. The molecule has 6 nitrogen and oxygen atoms in total. The molecule has 0 aromatic heterocycles. The van der Waals surface area contributed by atoms with Crippen LogP contribution in [-0.2, 0) is 11.0 Å². The van der Waals surface area contributed by atoms with E-state index in [1.807, 2.05) is 6.07 Å². The highest BCUT2D eigenvalue weighted by Crippen LogP contribution is 2.36. The Morgan fingerprint density at radius 2 is 1.96 bits per heavy atom. The van der Waals surface area contributed by atoms with Crippen LogP contribution >= 0.6 is 0 Å². The number of rotatable bonds is 5. The second-order valence-electron chi connectivity index (χ2n) is 5.01. The van der Waals surface area contributed by atoms with Gasteiger partial charge >= 0.3 is 12.2 Å². The summed E-state index contributed by atoms with van der Waals surface area (Å²) in [6, 6.07) is 3.64. The highest BCUT2D eigenvalue weighted by atomic mass is 19.4. The summed E-state index contributed by atoms with van der Waals surface area (Å²) in [5.74, 6) is -0.510. The third kappa shape index (κ3) is 5.79. The number of anilines is 2. The lowest BCUT2D eigenvalue weighted by Crippen LogP contribution is -2.37. The van der Waals surface area contributed by atoms with Crippen LogP contribution in [0.4, 0.5) is 29.3 Å². The third-order valence-corrected chi connectivity index (χ3v) is 3.06. The Morgan fingerprint density at radius 1 is 1.29 bits per heavy atom. The Hall–Kier alpha value is -2.76. The molecule has 0 aliphatic heterocycles. The number of nitriles is 1. The zero-order valence-electron chi connectivity index (χ0n) is 13.1. The van der Waals surface area contributed by atoms with Crippen LogP contribution in [-0.4, -0.2) is 18.0 Å². The minimum atomic E-state index is -4.71. The number of carbonyl (C=O) groups excluding carboxylic acids is 2. The fourth-order valence-corrected chi connectivity index (χ4v) is 1.92. The summed E-state index contributed by atoms with van der Waals surface area (Å²) in [6.45, 7) is 2.92. The normalized spacial score (nSPS) is 12.0. The first-order valence-corrected chi connectivity index (χ1v) is 7.10. The van der Waals surface area contributed by atoms with Crippen LogP contribution in [0.5, 0.6) is 0 Å². The van der Waals surface area contributed by atoms with Crippen molar-refractivity contribution in [1.29, 1.82) is 5.26 Å². The van der Waals surface area contributed by atoms with Gasteiger partial charge in [-0.15, -0.1) is 0 Å². The standard InChI is InChI=1S/C15H17F3N4O2/c1-3-10(6-7-19)21-14(24)22-13-5-4-11(20-9(2)23)8-12(13)15(16,17)18/h4-5,8,10H,3,6H2,1-2H3,(H,20,23)(H2,21,22,24)/t10-/m0/s1. The van der Waals surface area contributed by atoms with Crippen LogP contribution in [0.2, 0.25) is 0 Å². The van der Waals surface area contributed by atoms with E-state index in [4.69, 9.17) is 5.26 Å². The lowest BCUT2D eigenvalue weighted by Gasteiger charge is -2.18. The Labute approximate surface area is 137 Å². The molecule has 0 heterocycles. The average molecular weight is 342 g/mol. The van der Waals surface area contributed by atoms with Crippen molar-refractivity contribution in [3.8, 4) is 6.07 Å². The fourth-order valence-electron chi connectivity index (χ4n) is 1.92. The van der Waals surface area contributed by atoms with Gasteiger partial charge in [-0.1, -0.05) is 6.92 Å². The maximum atomic E-state index is 13.1. The molecule has 0 spiro atoms. The van der Waals surface area contributed by atoms with Crippen molar-refractivity contribution in [1.82, 2.24) is 5.32 Å². The molecule has 1 aromatic rings. The van der Waals surface area contributed by atoms with Crippen LogP contribution in [0, 0.1) is 11.3 Å². The van der Waals surface area contributed by atoms with Gasteiger partial charge in [-0.2, -0.15) is 18.4 Å². The van der Waals surface area contributed by atoms with Crippen molar-refractivity contribution in [2.24, 2.45) is 0 Å². The molecule has 24 heavy (non-hydrogen) atoms. The topological polar surface area (TPSA) is 94.0 Å². The molecular weight excluding hydrogens is 325 g/mol. The molecule has 0 bridgehead atoms. The van der Waals surface area contributed by atoms with E-state index in [-0.39, 0.29) is 12.1 Å². The predicted octanol–water partition coefficient (Wildman–Crippen LogP) is 3.48. The molecule has 1 atom stereocenters. The Kier molecular flexibility index (Phi) is 6.58. The first-order valence-electron chi connectivity index (χ1n) is 7.10. The van der Waals surface area contributed by atoms with Gasteiger partial charge in [-0.05, 0) is 24.6 Å². The van der Waals surface area contributed by atoms with E-state index >= 15 is 0 Å². The molecular formula is C15H17F3N4O2. The van der Waals surface area contributed by atoms with Gasteiger partial charge in [0.2, 0.25) is 5.91 Å². The molecule has 0 saturated heterocycles. The average Bonchev–Trinajstić information content (AvgIpc) is 2.46. The molecule has 9 heteroatoms. The second-order valence-corrected chi connectivity index (χ2v) is 5.01. The van der Waals surface area contributed by atoms with Crippen LogP contribution < -0.4 is 16.0 Å². The van der Waals surface area contributed by atoms with Crippen molar-refractivity contribution in [3.63, 3.8) is 0 Å². The van der Waals surface area contributed by atoms with E-state index in [0.717, 1.165) is 12.1 Å². The van der Waals surface area contributed by atoms with E-state index in [9.17, 15) is 22.8 Å². The van der Waals surface area contributed by atoms with E-state index in [2.05, 4.69) is 16.0 Å². The monoisotopic (exact) mass is 342 g/mol. The number of nitrogens with one attached hydrogen (secondary N) is 3. The smallest absolute Gasteiger partial charge is 0.334 e. The molecule has 3 N–H and O–H groups in total. The van der Waals surface area contributed by atoms with Gasteiger partial charge in [0, 0.05) is 18.7 Å². The van der Waals surface area contributed by atoms with Gasteiger partial charge in [0.15, 0.2) is 0 Å². The van der Waals surface area contributed by atoms with E-state index in [1.165, 1.54) is 13.0 Å². The van der Waals surface area contributed by atoms with Crippen molar-refractivity contribution in [2.75, 3.05) is 10.6 Å². The zero-order valence-corrected chi connectivity index (χ0v) is 13.1. The molecule has 1 rings (SSSR count). The third-order valence-electron chi connectivity index (χ3n) is 3.06. The maximum Gasteiger partial charge on any atom is 0.418 e. The molecule has 0 aliphatic rings. The Balaban J connectivity index is 3.00. The van der Waals surface area contributed by atoms with Gasteiger partial charge in [0.05, 0.1) is 23.7 Å². The summed E-state index contributed by atoms with van der Waals surface area (Å²) in [4.78, 5) is 22.8. The minimum absolute atomic E-state index is 0.0308. The van der Waals surface area contributed by atoms with Crippen molar-refractivity contribution in [2.45, 2.75) is 38.9 Å². The second kappa shape index (κ2) is 8.19. The van der Waals surface area contributed by atoms with Crippen LogP contribution in [0.1, 0.15) is 32.3 Å². The summed E-state index contributed by atoms with van der Waals surface area (Å²) < 4.78 is 39.4. The lowest BCUT2D eigenvalue weighted by molar-refractivity contribution is -0.137. The number of benzene rings is 1. The Morgan fingerprint density at radius 3 is 2.46 bits per heavy atom. The first kappa shape index (κ1) is 19.3. The largest absolute Gasteiger partial charge is 0.418 e. The highest BCUT2D eigenvalue weighted by molar-refractivity contribution is 5.92. The number of halogens is 3. The number of hydrogen-bond donors (Lipinski definition) is 3. The first-order chi connectivity index (χ1) is 11.2. The summed E-state index contributed by atoms with van der Waals surface area (Å²) in [5.41, 5.74) is -1.56. The van der Waals surface area contributed by atoms with Crippen LogP contribution in [0.3, 0.4) is 0 Å². The van der Waals surface area contributed by atoms with Crippen LogP contribution in [0.25, 0.3) is 0 Å². The highest BCUT2D eigenvalue weighted by Gasteiger charge is 2.34. The summed E-state index contributed by atoms with van der Waals surface area (Å²) in [6.07, 6.45) is -4.19. The number of nitrogens with zero attached hydrogens (tertiary/aromatic N) is 1.